The van der Waals surface area contributed by atoms with Gasteiger partial charge in [0.1, 0.15) is 6.61 Å². The second-order valence-electron chi connectivity index (χ2n) is 7.91. The summed E-state index contributed by atoms with van der Waals surface area (Å²) in [6.07, 6.45) is 3.60. The molecule has 1 aromatic heterocycles. The lowest BCUT2D eigenvalue weighted by Gasteiger charge is -2.04. The normalized spacial score (nSPS) is 24.5. The molecule has 146 valence electrons. The molecule has 1 saturated carbocycles. The minimum Gasteiger partial charge on any atom is -0.459 e. The quantitative estimate of drug-likeness (QED) is 0.510. The Hall–Kier alpha value is -1.92. The van der Waals surface area contributed by atoms with E-state index in [4.69, 9.17) is 4.74 Å². The average Bonchev–Trinajstić information content (AvgIpc) is 3.03. The lowest BCUT2D eigenvalue weighted by molar-refractivity contribution is -0.147. The zero-order chi connectivity index (χ0) is 19.7. The van der Waals surface area contributed by atoms with Gasteiger partial charge in [0.2, 0.25) is 5.12 Å². The molecule has 4 rings (SSSR count). The molecule has 4 nitrogen and oxygen atoms in total. The van der Waals surface area contributed by atoms with Gasteiger partial charge in [-0.1, -0.05) is 62.0 Å². The topological polar surface area (TPSA) is 56.3 Å². The molecule has 2 aliphatic rings. The summed E-state index contributed by atoms with van der Waals surface area (Å²) < 4.78 is 5.56. The average molecular weight is 414 g/mol. The van der Waals surface area contributed by atoms with Crippen molar-refractivity contribution in [3.63, 3.8) is 0 Å². The van der Waals surface area contributed by atoms with Gasteiger partial charge in [0, 0.05) is 23.1 Å². The van der Waals surface area contributed by atoms with Crippen molar-refractivity contribution in [2.75, 3.05) is 5.75 Å². The van der Waals surface area contributed by atoms with Gasteiger partial charge in [-0.3, -0.25) is 9.59 Å². The fraction of sp³-hybridized carbons (Fsp3) is 0.409. The van der Waals surface area contributed by atoms with Crippen LogP contribution in [0.5, 0.6) is 0 Å². The Kier molecular flexibility index (Phi) is 5.43. The highest BCUT2D eigenvalue weighted by Gasteiger charge is 2.61. The highest BCUT2D eigenvalue weighted by atomic mass is 32.2. The van der Waals surface area contributed by atoms with Crippen molar-refractivity contribution in [1.29, 1.82) is 0 Å². The molecule has 2 heterocycles. The van der Waals surface area contributed by atoms with E-state index in [2.05, 4.69) is 31.0 Å². The number of thiazole rings is 1. The van der Waals surface area contributed by atoms with E-state index in [1.54, 1.807) is 11.3 Å². The van der Waals surface area contributed by atoms with Crippen LogP contribution >= 0.6 is 23.1 Å². The summed E-state index contributed by atoms with van der Waals surface area (Å²) in [6, 6.07) is 10.2. The fourth-order valence-electron chi connectivity index (χ4n) is 3.76. The van der Waals surface area contributed by atoms with Crippen LogP contribution in [0.1, 0.15) is 36.5 Å². The molecule has 1 saturated heterocycles. The highest BCUT2D eigenvalue weighted by Crippen LogP contribution is 2.60. The first kappa shape index (κ1) is 19.4. The Morgan fingerprint density at radius 2 is 2.11 bits per heavy atom. The monoisotopic (exact) mass is 413 g/mol. The van der Waals surface area contributed by atoms with Crippen LogP contribution in [0.3, 0.4) is 0 Å². The standard InChI is InChI=1S/C22H23NO3S2/c1-22(2)17(11-15-8-9-27-21(15)25)19(22)20(24)26-12-16-13-28-18(23-16)10-14-6-4-3-5-7-14/h3-7,11,13,17,19H,8-10,12H2,1-2H3/t17-,19-/m0/s1. The molecule has 2 atom stereocenters. The number of hydrogen-bond acceptors (Lipinski definition) is 6. The molecule has 2 aromatic rings. The van der Waals surface area contributed by atoms with Crippen molar-refractivity contribution < 1.29 is 14.3 Å². The first-order chi connectivity index (χ1) is 13.4. The van der Waals surface area contributed by atoms with Crippen LogP contribution in [-0.2, 0) is 27.4 Å². The third kappa shape index (κ3) is 4.08. The number of aromatic nitrogens is 1. The molecule has 6 heteroatoms. The second-order valence-corrected chi connectivity index (χ2v) is 9.92. The number of ether oxygens (including phenoxy) is 1. The van der Waals surface area contributed by atoms with Gasteiger partial charge in [0.15, 0.2) is 0 Å². The summed E-state index contributed by atoms with van der Waals surface area (Å²) in [4.78, 5) is 29.0. The van der Waals surface area contributed by atoms with Crippen LogP contribution in [-0.4, -0.2) is 21.8 Å². The van der Waals surface area contributed by atoms with Crippen molar-refractivity contribution in [3.8, 4) is 0 Å². The number of nitrogens with zero attached hydrogens (tertiary/aromatic N) is 1. The lowest BCUT2D eigenvalue weighted by atomic mass is 10.1. The van der Waals surface area contributed by atoms with Crippen LogP contribution in [0.2, 0.25) is 0 Å². The minimum absolute atomic E-state index is 0.0849. The first-order valence-corrected chi connectivity index (χ1v) is 11.3. The van der Waals surface area contributed by atoms with E-state index >= 15 is 0 Å². The van der Waals surface area contributed by atoms with Gasteiger partial charge in [-0.05, 0) is 23.3 Å². The Bertz CT molecular complexity index is 917. The number of carbonyl (C=O) groups excluding carboxylic acids is 2. The van der Waals surface area contributed by atoms with Crippen LogP contribution in [0.15, 0.2) is 47.4 Å². The van der Waals surface area contributed by atoms with E-state index in [9.17, 15) is 9.59 Å². The van der Waals surface area contributed by atoms with Crippen molar-refractivity contribution in [2.45, 2.75) is 33.3 Å². The molecule has 1 aliphatic heterocycles. The number of thioether (sulfide) groups is 1. The molecule has 2 fully saturated rings. The van der Waals surface area contributed by atoms with E-state index in [0.717, 1.165) is 34.9 Å². The van der Waals surface area contributed by atoms with Gasteiger partial charge in [0.25, 0.3) is 0 Å². The van der Waals surface area contributed by atoms with Crippen LogP contribution in [0.25, 0.3) is 0 Å². The van der Waals surface area contributed by atoms with Crippen LogP contribution in [0, 0.1) is 17.3 Å². The Balaban J connectivity index is 1.33. The molecule has 0 N–H and O–H groups in total. The van der Waals surface area contributed by atoms with Crippen molar-refractivity contribution in [3.05, 3.63) is 63.6 Å². The summed E-state index contributed by atoms with van der Waals surface area (Å²) >= 11 is 2.95. The van der Waals surface area contributed by atoms with Gasteiger partial charge in [-0.25, -0.2) is 4.98 Å². The smallest absolute Gasteiger partial charge is 0.310 e. The van der Waals surface area contributed by atoms with Crippen LogP contribution < -0.4 is 0 Å². The fourth-order valence-corrected chi connectivity index (χ4v) is 5.43. The number of benzene rings is 1. The van der Waals surface area contributed by atoms with E-state index in [-0.39, 0.29) is 34.9 Å². The molecular weight excluding hydrogens is 390 g/mol. The Morgan fingerprint density at radius 1 is 1.32 bits per heavy atom. The van der Waals surface area contributed by atoms with Crippen molar-refractivity contribution in [1.82, 2.24) is 4.98 Å². The van der Waals surface area contributed by atoms with E-state index in [0.29, 0.717) is 0 Å². The predicted molar refractivity (Wildman–Crippen MR) is 112 cm³/mol. The van der Waals surface area contributed by atoms with Crippen LogP contribution in [0.4, 0.5) is 0 Å². The van der Waals surface area contributed by atoms with Gasteiger partial charge >= 0.3 is 5.97 Å². The Labute approximate surface area is 173 Å². The summed E-state index contributed by atoms with van der Waals surface area (Å²) in [5, 5.41) is 3.13. The van der Waals surface area contributed by atoms with Gasteiger partial charge in [0.05, 0.1) is 16.6 Å². The van der Waals surface area contributed by atoms with Gasteiger partial charge in [-0.2, -0.15) is 0 Å². The maximum absolute atomic E-state index is 12.6. The summed E-state index contributed by atoms with van der Waals surface area (Å²) in [7, 11) is 0. The molecule has 0 unspecified atom stereocenters. The number of hydrogen-bond donors (Lipinski definition) is 0. The third-order valence-corrected chi connectivity index (χ3v) is 7.40. The zero-order valence-corrected chi connectivity index (χ0v) is 17.6. The maximum Gasteiger partial charge on any atom is 0.310 e. The molecule has 1 aromatic carbocycles. The zero-order valence-electron chi connectivity index (χ0n) is 16.0. The van der Waals surface area contributed by atoms with Crippen molar-refractivity contribution in [2.24, 2.45) is 17.3 Å². The van der Waals surface area contributed by atoms with E-state index < -0.39 is 0 Å². The second kappa shape index (κ2) is 7.84. The summed E-state index contributed by atoms with van der Waals surface area (Å²) in [6.45, 7) is 4.33. The number of esters is 1. The summed E-state index contributed by atoms with van der Waals surface area (Å²) in [5.41, 5.74) is 2.72. The number of rotatable bonds is 6. The first-order valence-electron chi connectivity index (χ1n) is 9.47. The molecule has 0 spiro atoms. The van der Waals surface area contributed by atoms with Gasteiger partial charge < -0.3 is 4.74 Å². The maximum atomic E-state index is 12.6. The lowest BCUT2D eigenvalue weighted by Crippen LogP contribution is -2.11. The van der Waals surface area contributed by atoms with Crippen molar-refractivity contribution >= 4 is 34.2 Å². The van der Waals surface area contributed by atoms with Gasteiger partial charge in [-0.15, -0.1) is 11.3 Å². The largest absolute Gasteiger partial charge is 0.459 e. The minimum atomic E-state index is -0.192. The Morgan fingerprint density at radius 3 is 2.82 bits per heavy atom. The number of allylic oxidation sites excluding steroid dienone is 1. The molecule has 28 heavy (non-hydrogen) atoms. The molecular formula is C22H23NO3S2. The highest BCUT2D eigenvalue weighted by molar-refractivity contribution is 8.14. The molecule has 1 aliphatic carbocycles. The molecule has 0 amide bonds. The van der Waals surface area contributed by atoms with E-state index in [1.807, 2.05) is 29.7 Å². The number of carbonyl (C=O) groups is 2. The molecule has 0 radical (unpaired) electrons. The summed E-state index contributed by atoms with van der Waals surface area (Å²) in [5.74, 6) is 0.562. The SMILES string of the molecule is CC1(C)[C@H](C(=O)OCc2csc(Cc3ccccc3)n2)[C@@H]1C=C1CCSC1=O. The van der Waals surface area contributed by atoms with E-state index in [1.165, 1.54) is 17.3 Å². The third-order valence-electron chi connectivity index (χ3n) is 5.57. The predicted octanol–water partition coefficient (Wildman–Crippen LogP) is 4.64. The molecule has 0 bridgehead atoms.